The molecule has 1 amide bonds. The first-order valence-electron chi connectivity index (χ1n) is 9.47. The van der Waals surface area contributed by atoms with Crippen LogP contribution in [0.1, 0.15) is 18.1 Å². The van der Waals surface area contributed by atoms with E-state index in [1.54, 1.807) is 36.4 Å². The minimum Gasteiger partial charge on any atom is -0.489 e. The van der Waals surface area contributed by atoms with Gasteiger partial charge in [0.2, 0.25) is 0 Å². The van der Waals surface area contributed by atoms with Crippen LogP contribution in [-0.2, 0) is 32.3 Å². The average molecular weight is 439 g/mol. The number of ether oxygens (including phenoxy) is 2. The van der Waals surface area contributed by atoms with Crippen LogP contribution in [0.15, 0.2) is 82.3 Å². The summed E-state index contributed by atoms with van der Waals surface area (Å²) in [5.41, 5.74) is 1.39. The van der Waals surface area contributed by atoms with Gasteiger partial charge in [-0.25, -0.2) is 9.19 Å². The Kier molecular flexibility index (Phi) is 7.15. The number of aromatic nitrogens is 1. The third kappa shape index (κ3) is 6.48. The van der Waals surface area contributed by atoms with Crippen LogP contribution in [-0.4, -0.2) is 27.3 Å². The number of nitrogens with zero attached hydrogens (tertiary/aromatic N) is 2. The van der Waals surface area contributed by atoms with Crippen molar-refractivity contribution < 1.29 is 23.3 Å². The van der Waals surface area contributed by atoms with E-state index in [9.17, 15) is 13.8 Å². The topological polar surface area (TPSA) is 94.9 Å². The highest BCUT2D eigenvalue weighted by Crippen LogP contribution is 2.26. The molecule has 3 aromatic rings. The van der Waals surface area contributed by atoms with E-state index in [4.69, 9.17) is 9.47 Å². The van der Waals surface area contributed by atoms with Crippen LogP contribution in [0.25, 0.3) is 0 Å². The van der Waals surface area contributed by atoms with Crippen LogP contribution >= 0.6 is 0 Å². The quantitative estimate of drug-likeness (QED) is 0.411. The first-order chi connectivity index (χ1) is 14.8. The lowest BCUT2D eigenvalue weighted by Crippen LogP contribution is -2.10. The van der Waals surface area contributed by atoms with Crippen molar-refractivity contribution >= 4 is 21.6 Å². The van der Waals surface area contributed by atoms with Crippen LogP contribution in [0.4, 0.5) is 0 Å². The molecule has 1 heterocycles. The molecule has 0 N–H and O–H groups in total. The summed E-state index contributed by atoms with van der Waals surface area (Å²) in [5.74, 6) is -0.406. The number of pyridine rings is 1. The lowest BCUT2D eigenvalue weighted by Gasteiger charge is -2.12. The molecule has 0 radical (unpaired) electrons. The van der Waals surface area contributed by atoms with Gasteiger partial charge in [0.1, 0.15) is 23.1 Å². The number of benzene rings is 2. The van der Waals surface area contributed by atoms with Gasteiger partial charge in [0.05, 0.1) is 16.1 Å². The number of rotatable bonds is 7. The summed E-state index contributed by atoms with van der Waals surface area (Å²) in [6.07, 6.45) is 2.65. The molecule has 160 valence electrons. The largest absolute Gasteiger partial charge is 0.489 e. The third-order valence-electron chi connectivity index (χ3n) is 4.18. The van der Waals surface area contributed by atoms with E-state index < -0.39 is 21.6 Å². The Hall–Kier alpha value is -3.52. The first kappa shape index (κ1) is 22.2. The van der Waals surface area contributed by atoms with Crippen molar-refractivity contribution in [2.24, 2.45) is 4.36 Å². The van der Waals surface area contributed by atoms with Crippen molar-refractivity contribution in [1.29, 1.82) is 0 Å². The zero-order valence-electron chi connectivity index (χ0n) is 17.2. The predicted octanol–water partition coefficient (Wildman–Crippen LogP) is 3.81. The number of carbonyl (C=O) groups is 2. The van der Waals surface area contributed by atoms with Gasteiger partial charge in [0.25, 0.3) is 5.91 Å². The van der Waals surface area contributed by atoms with Gasteiger partial charge in [-0.05, 0) is 35.9 Å². The molecule has 0 saturated carbocycles. The summed E-state index contributed by atoms with van der Waals surface area (Å²) in [6, 6.07) is 19.4. The number of esters is 1. The summed E-state index contributed by atoms with van der Waals surface area (Å²) >= 11 is 0. The van der Waals surface area contributed by atoms with Gasteiger partial charge in [0.15, 0.2) is 0 Å². The van der Waals surface area contributed by atoms with Crippen molar-refractivity contribution in [2.45, 2.75) is 25.0 Å². The van der Waals surface area contributed by atoms with E-state index in [0.717, 1.165) is 5.56 Å². The molecule has 31 heavy (non-hydrogen) atoms. The Labute approximate surface area is 181 Å². The zero-order chi connectivity index (χ0) is 22.3. The summed E-state index contributed by atoms with van der Waals surface area (Å²) < 4.78 is 27.7. The summed E-state index contributed by atoms with van der Waals surface area (Å²) in [4.78, 5) is 28.0. The fraction of sp³-hybridized carbons (Fsp3) is 0.174. The van der Waals surface area contributed by atoms with Crippen molar-refractivity contribution in [3.05, 3.63) is 84.1 Å². The SMILES string of the molecule is CC(=O)Oc1ccc(OCc2ccccc2)cc1CC(=O)N=S(C)(=O)c1ccccn1. The van der Waals surface area contributed by atoms with Gasteiger partial charge in [-0.15, -0.1) is 0 Å². The van der Waals surface area contributed by atoms with Crippen LogP contribution < -0.4 is 9.47 Å². The lowest BCUT2D eigenvalue weighted by atomic mass is 10.1. The highest BCUT2D eigenvalue weighted by Gasteiger charge is 2.15. The van der Waals surface area contributed by atoms with E-state index in [-0.39, 0.29) is 17.2 Å². The molecule has 2 aromatic carbocycles. The van der Waals surface area contributed by atoms with E-state index in [0.29, 0.717) is 17.9 Å². The maximum atomic E-state index is 12.8. The molecule has 0 spiro atoms. The van der Waals surface area contributed by atoms with Crippen LogP contribution in [0.3, 0.4) is 0 Å². The Morgan fingerprint density at radius 2 is 1.77 bits per heavy atom. The van der Waals surface area contributed by atoms with Crippen molar-refractivity contribution in [3.8, 4) is 11.5 Å². The standard InChI is InChI=1S/C23H22N2O5S/c1-17(26)30-21-12-11-20(29-16-18-8-4-3-5-9-18)14-19(21)15-22(27)25-31(2,28)23-10-6-7-13-24-23/h3-14H,15-16H2,1-2H3. The smallest absolute Gasteiger partial charge is 0.308 e. The third-order valence-corrected chi connectivity index (χ3v) is 5.75. The van der Waals surface area contributed by atoms with Gasteiger partial charge in [-0.2, -0.15) is 4.36 Å². The van der Waals surface area contributed by atoms with Crippen molar-refractivity contribution in [3.63, 3.8) is 0 Å². The molecule has 0 bridgehead atoms. The highest BCUT2D eigenvalue weighted by molar-refractivity contribution is 7.93. The summed E-state index contributed by atoms with van der Waals surface area (Å²) in [6.45, 7) is 1.61. The molecular formula is C23H22N2O5S. The lowest BCUT2D eigenvalue weighted by molar-refractivity contribution is -0.132. The van der Waals surface area contributed by atoms with Crippen molar-refractivity contribution in [1.82, 2.24) is 4.98 Å². The monoisotopic (exact) mass is 438 g/mol. The second kappa shape index (κ2) is 9.99. The number of hydrogen-bond donors (Lipinski definition) is 0. The number of carbonyl (C=O) groups excluding carboxylic acids is 2. The van der Waals surface area contributed by atoms with Crippen LogP contribution in [0.5, 0.6) is 11.5 Å². The Bertz CT molecular complexity index is 1190. The van der Waals surface area contributed by atoms with E-state index in [2.05, 4.69) is 9.35 Å². The minimum atomic E-state index is -3.00. The molecule has 0 fully saturated rings. The van der Waals surface area contributed by atoms with Crippen LogP contribution in [0, 0.1) is 0 Å². The Balaban J connectivity index is 1.83. The van der Waals surface area contributed by atoms with Crippen molar-refractivity contribution in [2.75, 3.05) is 6.26 Å². The second-order valence-electron chi connectivity index (χ2n) is 6.77. The zero-order valence-corrected chi connectivity index (χ0v) is 18.0. The fourth-order valence-electron chi connectivity index (χ4n) is 2.79. The number of hydrogen-bond acceptors (Lipinski definition) is 6. The van der Waals surface area contributed by atoms with Gasteiger partial charge in [-0.3, -0.25) is 9.59 Å². The molecule has 0 aliphatic rings. The van der Waals surface area contributed by atoms with E-state index >= 15 is 0 Å². The maximum absolute atomic E-state index is 12.8. The molecule has 3 rings (SSSR count). The van der Waals surface area contributed by atoms with Crippen LogP contribution in [0.2, 0.25) is 0 Å². The Morgan fingerprint density at radius 1 is 1.03 bits per heavy atom. The summed E-state index contributed by atoms with van der Waals surface area (Å²) in [5, 5.41) is 0.225. The van der Waals surface area contributed by atoms with Gasteiger partial charge < -0.3 is 9.47 Å². The van der Waals surface area contributed by atoms with E-state index in [1.165, 1.54) is 19.4 Å². The molecule has 0 aliphatic heterocycles. The highest BCUT2D eigenvalue weighted by atomic mass is 32.2. The molecule has 1 unspecified atom stereocenters. The average Bonchev–Trinajstić information content (AvgIpc) is 2.74. The molecular weight excluding hydrogens is 416 g/mol. The van der Waals surface area contributed by atoms with Gasteiger partial charge >= 0.3 is 5.97 Å². The maximum Gasteiger partial charge on any atom is 0.308 e. The first-order valence-corrected chi connectivity index (χ1v) is 11.4. The molecule has 0 saturated heterocycles. The molecule has 8 heteroatoms. The second-order valence-corrected chi connectivity index (χ2v) is 8.98. The van der Waals surface area contributed by atoms with Gasteiger partial charge in [-0.1, -0.05) is 36.4 Å². The molecule has 1 aromatic heterocycles. The molecule has 1 atom stereocenters. The number of amides is 1. The normalized spacial score (nSPS) is 12.5. The van der Waals surface area contributed by atoms with E-state index in [1.807, 2.05) is 30.3 Å². The molecule has 7 nitrogen and oxygen atoms in total. The Morgan fingerprint density at radius 3 is 2.45 bits per heavy atom. The van der Waals surface area contributed by atoms with Gasteiger partial charge in [0, 0.05) is 24.9 Å². The summed E-state index contributed by atoms with van der Waals surface area (Å²) in [7, 11) is -3.00. The fourth-order valence-corrected chi connectivity index (χ4v) is 3.92. The molecule has 0 aliphatic carbocycles. The minimum absolute atomic E-state index is 0.206. The predicted molar refractivity (Wildman–Crippen MR) is 116 cm³/mol.